The molecule has 16 heteroatoms. The predicted octanol–water partition coefficient (Wildman–Crippen LogP) is 0.861. The number of anilines is 1. The first-order valence-corrected chi connectivity index (χ1v) is 18.9. The molecular formula is C34H46BN7O7S. The number of likely N-dealkylation sites (tertiary alicyclic amines) is 1. The van der Waals surface area contributed by atoms with Crippen LogP contribution in [0.1, 0.15) is 36.8 Å². The number of amides is 4. The van der Waals surface area contributed by atoms with Crippen molar-refractivity contribution < 1.29 is 32.6 Å². The first-order chi connectivity index (χ1) is 24.0. The van der Waals surface area contributed by atoms with E-state index in [1.807, 2.05) is 29.2 Å². The molecule has 6 rings (SSSR count). The fourth-order valence-electron chi connectivity index (χ4n) is 7.51. The van der Waals surface area contributed by atoms with Crippen molar-refractivity contribution in [3.05, 3.63) is 53.6 Å². The van der Waals surface area contributed by atoms with E-state index in [9.17, 15) is 27.9 Å². The second-order valence-corrected chi connectivity index (χ2v) is 15.3. The molecule has 2 radical (unpaired) electrons. The van der Waals surface area contributed by atoms with Gasteiger partial charge in [-0.1, -0.05) is 35.8 Å². The highest BCUT2D eigenvalue weighted by Crippen LogP contribution is 2.26. The lowest BCUT2D eigenvalue weighted by molar-refractivity contribution is -0.143. The van der Waals surface area contributed by atoms with Gasteiger partial charge in [-0.05, 0) is 55.4 Å². The average Bonchev–Trinajstić information content (AvgIpc) is 3.30. The number of aromatic hydroxyl groups is 1. The number of rotatable bonds is 8. The Kier molecular flexibility index (Phi) is 11.2. The maximum atomic E-state index is 14.0. The van der Waals surface area contributed by atoms with Crippen LogP contribution in [0.5, 0.6) is 5.75 Å². The average molecular weight is 708 g/mol. The molecule has 4 aliphatic heterocycles. The minimum absolute atomic E-state index is 0.0259. The number of piperidine rings is 2. The standard InChI is InChI=1S/C34H46BN7O7S/c1-36-50(47,48)41-15-11-26(12-16-41)38-18-20-39(21-19-38)32(44)31(23-24-6-7-30(43)28(35)22-24)49-34(46)40-13-9-27(10-14-40)42-17-8-25-4-2-3-5-29(25)37-33(42)45/h2-7,22,26-27,31,36,43H,8-21,23H2,1H3,(H,37,45)/t31-/m1/s1. The number of hydrogen-bond acceptors (Lipinski definition) is 8. The molecule has 2 aromatic rings. The van der Waals surface area contributed by atoms with Crippen LogP contribution in [0.25, 0.3) is 0 Å². The third-order valence-corrected chi connectivity index (χ3v) is 12.1. The van der Waals surface area contributed by atoms with Gasteiger partial charge in [0.2, 0.25) is 0 Å². The Hall–Kier alpha value is -3.86. The lowest BCUT2D eigenvalue weighted by Crippen LogP contribution is -2.57. The number of hydrogen-bond donors (Lipinski definition) is 3. The first-order valence-electron chi connectivity index (χ1n) is 17.4. The van der Waals surface area contributed by atoms with E-state index in [1.165, 1.54) is 17.4 Å². The lowest BCUT2D eigenvalue weighted by Gasteiger charge is -2.43. The van der Waals surface area contributed by atoms with Gasteiger partial charge in [-0.15, -0.1) is 0 Å². The van der Waals surface area contributed by atoms with Crippen molar-refractivity contribution in [1.82, 2.24) is 28.6 Å². The van der Waals surface area contributed by atoms with Crippen LogP contribution in [-0.2, 0) is 32.6 Å². The summed E-state index contributed by atoms with van der Waals surface area (Å²) in [5.41, 5.74) is 2.75. The number of fused-ring (bicyclic) bond motifs is 1. The Morgan fingerprint density at radius 3 is 2.30 bits per heavy atom. The summed E-state index contributed by atoms with van der Waals surface area (Å²) in [6, 6.07) is 12.6. The number of phenolic OH excluding ortho intramolecular Hbond substituents is 1. The largest absolute Gasteiger partial charge is 0.509 e. The first kappa shape index (κ1) is 36.0. The fourth-order valence-corrected chi connectivity index (χ4v) is 8.46. The minimum Gasteiger partial charge on any atom is -0.509 e. The van der Waals surface area contributed by atoms with Crippen molar-refractivity contribution in [2.24, 2.45) is 0 Å². The number of nitrogens with one attached hydrogen (secondary N) is 2. The van der Waals surface area contributed by atoms with Crippen molar-refractivity contribution in [1.29, 1.82) is 0 Å². The van der Waals surface area contributed by atoms with Gasteiger partial charge in [-0.3, -0.25) is 9.69 Å². The number of carbonyl (C=O) groups excluding carboxylic acids is 3. The van der Waals surface area contributed by atoms with E-state index in [2.05, 4.69) is 14.9 Å². The summed E-state index contributed by atoms with van der Waals surface area (Å²) in [5, 5.41) is 13.0. The summed E-state index contributed by atoms with van der Waals surface area (Å²) in [5.74, 6) is -0.362. The molecule has 0 unspecified atom stereocenters. The Bertz CT molecular complexity index is 1660. The number of benzene rings is 2. The SMILES string of the molecule is [B]c1cc(C[C@@H](OC(=O)N2CCC(N3CCc4ccccc4NC3=O)CC2)C(=O)N2CCN(C3CCN(S(=O)(=O)NC)CC3)CC2)ccc1O. The molecule has 3 fully saturated rings. The van der Waals surface area contributed by atoms with Gasteiger partial charge in [0.25, 0.3) is 16.1 Å². The summed E-state index contributed by atoms with van der Waals surface area (Å²) in [6.07, 6.45) is 1.77. The third-order valence-electron chi connectivity index (χ3n) is 10.5. The van der Waals surface area contributed by atoms with Crippen LogP contribution in [0.15, 0.2) is 42.5 Å². The van der Waals surface area contributed by atoms with Crippen molar-refractivity contribution in [2.75, 3.05) is 71.3 Å². The van der Waals surface area contributed by atoms with Gasteiger partial charge in [-0.2, -0.15) is 12.7 Å². The molecule has 3 N–H and O–H groups in total. The van der Waals surface area contributed by atoms with Crippen molar-refractivity contribution >= 4 is 47.2 Å². The van der Waals surface area contributed by atoms with Crippen molar-refractivity contribution in [3.63, 3.8) is 0 Å². The molecule has 1 atom stereocenters. The van der Waals surface area contributed by atoms with Crippen LogP contribution >= 0.6 is 0 Å². The molecule has 268 valence electrons. The number of ether oxygens (including phenoxy) is 1. The second kappa shape index (κ2) is 15.6. The number of para-hydroxylation sites is 1. The minimum atomic E-state index is -3.45. The highest BCUT2D eigenvalue weighted by atomic mass is 32.2. The Balaban J connectivity index is 1.05. The molecule has 2 aromatic carbocycles. The zero-order chi connectivity index (χ0) is 35.4. The van der Waals surface area contributed by atoms with E-state index in [1.54, 1.807) is 21.9 Å². The van der Waals surface area contributed by atoms with Crippen LogP contribution in [0.3, 0.4) is 0 Å². The number of piperazine rings is 1. The van der Waals surface area contributed by atoms with E-state index in [-0.39, 0.29) is 41.7 Å². The molecule has 0 spiro atoms. The highest BCUT2D eigenvalue weighted by Gasteiger charge is 2.37. The smallest absolute Gasteiger partial charge is 0.410 e. The van der Waals surface area contributed by atoms with Gasteiger partial charge in [0.1, 0.15) is 13.6 Å². The molecule has 0 saturated carbocycles. The summed E-state index contributed by atoms with van der Waals surface area (Å²) < 4.78 is 34.2. The van der Waals surface area contributed by atoms with Gasteiger partial charge in [0.15, 0.2) is 6.10 Å². The Morgan fingerprint density at radius 1 is 0.940 bits per heavy atom. The predicted molar refractivity (Wildman–Crippen MR) is 189 cm³/mol. The van der Waals surface area contributed by atoms with Gasteiger partial charge in [0, 0.05) is 90.1 Å². The van der Waals surface area contributed by atoms with E-state index < -0.39 is 22.4 Å². The number of phenols is 1. The van der Waals surface area contributed by atoms with Crippen LogP contribution in [0, 0.1) is 0 Å². The topological polar surface area (TPSA) is 155 Å². The molecule has 4 aliphatic rings. The molecule has 0 aromatic heterocycles. The zero-order valence-corrected chi connectivity index (χ0v) is 29.3. The van der Waals surface area contributed by atoms with E-state index in [0.717, 1.165) is 17.7 Å². The van der Waals surface area contributed by atoms with E-state index in [4.69, 9.17) is 12.6 Å². The zero-order valence-electron chi connectivity index (χ0n) is 28.5. The molecular weight excluding hydrogens is 661 g/mol. The van der Waals surface area contributed by atoms with E-state index in [0.29, 0.717) is 90.1 Å². The van der Waals surface area contributed by atoms with Crippen LogP contribution < -0.4 is 15.5 Å². The van der Waals surface area contributed by atoms with Crippen molar-refractivity contribution in [3.8, 4) is 5.75 Å². The van der Waals surface area contributed by atoms with Crippen LogP contribution in [-0.4, -0.2) is 147 Å². The number of nitrogens with zero attached hydrogens (tertiary/aromatic N) is 5. The van der Waals surface area contributed by atoms with Gasteiger partial charge < -0.3 is 29.9 Å². The molecule has 14 nitrogen and oxygen atoms in total. The normalized spacial score (nSPS) is 20.9. The van der Waals surface area contributed by atoms with Gasteiger partial charge in [0.05, 0.1) is 0 Å². The molecule has 4 amide bonds. The Morgan fingerprint density at radius 2 is 1.62 bits per heavy atom. The quantitative estimate of drug-likeness (QED) is 0.342. The number of carbonyl (C=O) groups is 3. The lowest BCUT2D eigenvalue weighted by atomic mass is 9.91. The Labute approximate surface area is 295 Å². The van der Waals surface area contributed by atoms with Crippen LogP contribution in [0.4, 0.5) is 15.3 Å². The summed E-state index contributed by atoms with van der Waals surface area (Å²) in [4.78, 5) is 48.1. The summed E-state index contributed by atoms with van der Waals surface area (Å²) in [6.45, 7) is 4.42. The summed E-state index contributed by atoms with van der Waals surface area (Å²) in [7, 11) is 3.91. The highest BCUT2D eigenvalue weighted by molar-refractivity contribution is 7.87. The molecule has 0 bridgehead atoms. The fraction of sp³-hybridized carbons (Fsp3) is 0.559. The van der Waals surface area contributed by atoms with E-state index >= 15 is 0 Å². The molecule has 50 heavy (non-hydrogen) atoms. The monoisotopic (exact) mass is 707 g/mol. The second-order valence-electron chi connectivity index (χ2n) is 13.4. The van der Waals surface area contributed by atoms with Gasteiger partial charge >= 0.3 is 12.1 Å². The molecule has 4 heterocycles. The number of urea groups is 1. The molecule has 0 aliphatic carbocycles. The van der Waals surface area contributed by atoms with Gasteiger partial charge in [-0.25, -0.2) is 14.3 Å². The molecule has 3 saturated heterocycles. The third kappa shape index (κ3) is 8.19. The van der Waals surface area contributed by atoms with Crippen LogP contribution in [0.2, 0.25) is 0 Å². The maximum absolute atomic E-state index is 14.0. The maximum Gasteiger partial charge on any atom is 0.410 e. The summed E-state index contributed by atoms with van der Waals surface area (Å²) >= 11 is 0. The van der Waals surface area contributed by atoms with Crippen molar-refractivity contribution in [2.45, 2.75) is 56.7 Å².